The number of thioether (sulfide) groups is 1. The molecule has 0 aliphatic heterocycles. The predicted octanol–water partition coefficient (Wildman–Crippen LogP) is 5.07. The van der Waals surface area contributed by atoms with E-state index in [0.717, 1.165) is 12.8 Å². The van der Waals surface area contributed by atoms with Gasteiger partial charge in [-0.2, -0.15) is 8.78 Å². The van der Waals surface area contributed by atoms with Crippen molar-refractivity contribution in [3.8, 4) is 0 Å². The third-order valence-corrected chi connectivity index (χ3v) is 4.36. The summed E-state index contributed by atoms with van der Waals surface area (Å²) in [6.07, 6.45) is 7.56. The largest absolute Gasteiger partial charge is 0.305 e. The van der Waals surface area contributed by atoms with Gasteiger partial charge in [0, 0.05) is 0 Å². The first kappa shape index (κ1) is 14.7. The first-order chi connectivity index (χ1) is 6.54. The maximum absolute atomic E-state index is 13.0. The lowest BCUT2D eigenvalue weighted by atomic mass is 10.1. The van der Waals surface area contributed by atoms with Gasteiger partial charge in [0.15, 0.2) is 0 Å². The summed E-state index contributed by atoms with van der Waals surface area (Å²) >= 11 is 3.68. The van der Waals surface area contributed by atoms with Gasteiger partial charge in [0.2, 0.25) is 0 Å². The Morgan fingerprint density at radius 3 is 2.29 bits per heavy atom. The molecule has 0 aliphatic rings. The van der Waals surface area contributed by atoms with Crippen molar-refractivity contribution >= 4 is 27.7 Å². The van der Waals surface area contributed by atoms with Crippen LogP contribution in [0, 0.1) is 0 Å². The second-order valence-corrected chi connectivity index (χ2v) is 5.49. The standard InChI is InChI=1S/C10H19BrF2S/c1-3-4-5-6-7-8-9(11)10(12,13)14-2/h9H,3-8H2,1-2H3. The highest BCUT2D eigenvalue weighted by Crippen LogP contribution is 2.37. The molecule has 1 atom stereocenters. The summed E-state index contributed by atoms with van der Waals surface area (Å²) in [7, 11) is 0. The monoisotopic (exact) mass is 288 g/mol. The van der Waals surface area contributed by atoms with Gasteiger partial charge in [-0.15, -0.1) is 0 Å². The Labute approximate surface area is 98.3 Å². The van der Waals surface area contributed by atoms with Crippen LogP contribution in [0.1, 0.15) is 45.4 Å². The zero-order valence-electron chi connectivity index (χ0n) is 8.86. The van der Waals surface area contributed by atoms with E-state index in [1.54, 1.807) is 0 Å². The molecule has 86 valence electrons. The van der Waals surface area contributed by atoms with Crippen LogP contribution in [-0.4, -0.2) is 16.3 Å². The molecule has 0 bridgehead atoms. The Morgan fingerprint density at radius 1 is 1.21 bits per heavy atom. The molecular formula is C10H19BrF2S. The number of alkyl halides is 3. The number of hydrogen-bond acceptors (Lipinski definition) is 1. The van der Waals surface area contributed by atoms with Gasteiger partial charge in [0.25, 0.3) is 0 Å². The molecule has 0 rings (SSSR count). The molecule has 1 unspecified atom stereocenters. The quantitative estimate of drug-likeness (QED) is 0.444. The van der Waals surface area contributed by atoms with Crippen LogP contribution in [0.25, 0.3) is 0 Å². The third kappa shape index (κ3) is 6.23. The smallest absolute Gasteiger partial charge is 0.193 e. The van der Waals surface area contributed by atoms with Crippen molar-refractivity contribution in [3.05, 3.63) is 0 Å². The molecule has 0 radical (unpaired) electrons. The van der Waals surface area contributed by atoms with Crippen molar-refractivity contribution in [2.24, 2.45) is 0 Å². The zero-order valence-corrected chi connectivity index (χ0v) is 11.3. The van der Waals surface area contributed by atoms with Crippen molar-refractivity contribution in [1.82, 2.24) is 0 Å². The first-order valence-corrected chi connectivity index (χ1v) is 7.25. The van der Waals surface area contributed by atoms with Crippen LogP contribution in [0.15, 0.2) is 0 Å². The van der Waals surface area contributed by atoms with E-state index in [4.69, 9.17) is 0 Å². The summed E-state index contributed by atoms with van der Waals surface area (Å²) in [6, 6.07) is 0. The minimum atomic E-state index is -2.62. The van der Waals surface area contributed by atoms with E-state index in [2.05, 4.69) is 22.9 Å². The fraction of sp³-hybridized carbons (Fsp3) is 1.00. The average Bonchev–Trinajstić information content (AvgIpc) is 2.17. The van der Waals surface area contributed by atoms with Gasteiger partial charge in [-0.25, -0.2) is 0 Å². The van der Waals surface area contributed by atoms with Crippen LogP contribution in [0.4, 0.5) is 8.78 Å². The van der Waals surface area contributed by atoms with Crippen molar-refractivity contribution in [1.29, 1.82) is 0 Å². The van der Waals surface area contributed by atoms with Crippen LogP contribution in [-0.2, 0) is 0 Å². The summed E-state index contributed by atoms with van der Waals surface area (Å²) in [4.78, 5) is -0.674. The Bertz CT molecular complexity index is 142. The van der Waals surface area contributed by atoms with Crippen LogP contribution in [0.3, 0.4) is 0 Å². The lowest BCUT2D eigenvalue weighted by Gasteiger charge is -2.19. The van der Waals surface area contributed by atoms with Gasteiger partial charge in [-0.05, 0) is 12.7 Å². The maximum atomic E-state index is 13.0. The molecule has 0 spiro atoms. The Kier molecular flexibility index (Phi) is 8.30. The van der Waals surface area contributed by atoms with Crippen molar-refractivity contribution < 1.29 is 8.78 Å². The first-order valence-electron chi connectivity index (χ1n) is 5.11. The van der Waals surface area contributed by atoms with E-state index >= 15 is 0 Å². The molecule has 14 heavy (non-hydrogen) atoms. The number of unbranched alkanes of at least 4 members (excludes halogenated alkanes) is 4. The summed E-state index contributed by atoms with van der Waals surface area (Å²) in [6.45, 7) is 2.15. The summed E-state index contributed by atoms with van der Waals surface area (Å²) < 4.78 is 26.1. The van der Waals surface area contributed by atoms with E-state index < -0.39 is 10.1 Å². The van der Waals surface area contributed by atoms with E-state index in [-0.39, 0.29) is 0 Å². The molecule has 0 aliphatic carbocycles. The average molecular weight is 289 g/mol. The molecular weight excluding hydrogens is 270 g/mol. The van der Waals surface area contributed by atoms with E-state index in [0.29, 0.717) is 18.2 Å². The van der Waals surface area contributed by atoms with Crippen molar-refractivity contribution in [3.63, 3.8) is 0 Å². The fourth-order valence-electron chi connectivity index (χ4n) is 1.22. The lowest BCUT2D eigenvalue weighted by Crippen LogP contribution is -2.24. The van der Waals surface area contributed by atoms with Gasteiger partial charge < -0.3 is 0 Å². The topological polar surface area (TPSA) is 0 Å². The summed E-state index contributed by atoms with van der Waals surface area (Å²) in [5, 5.41) is -2.62. The molecule has 0 N–H and O–H groups in total. The Balaban J connectivity index is 3.48. The van der Waals surface area contributed by atoms with E-state index in [9.17, 15) is 8.78 Å². The van der Waals surface area contributed by atoms with Gasteiger partial charge in [0.05, 0.1) is 4.83 Å². The molecule has 0 aromatic heterocycles. The minimum Gasteiger partial charge on any atom is -0.193 e. The normalized spacial score (nSPS) is 14.4. The molecule has 0 heterocycles. The van der Waals surface area contributed by atoms with E-state index in [1.165, 1.54) is 25.5 Å². The fourth-order valence-corrected chi connectivity index (χ4v) is 2.48. The molecule has 0 fully saturated rings. The Hall–Kier alpha value is 0.690. The second kappa shape index (κ2) is 7.91. The number of hydrogen-bond donors (Lipinski definition) is 0. The van der Waals surface area contributed by atoms with Gasteiger partial charge >= 0.3 is 5.25 Å². The lowest BCUT2D eigenvalue weighted by molar-refractivity contribution is 0.102. The molecule has 0 amide bonds. The van der Waals surface area contributed by atoms with Crippen LogP contribution >= 0.6 is 27.7 Å². The Morgan fingerprint density at radius 2 is 1.79 bits per heavy atom. The zero-order chi connectivity index (χ0) is 11.0. The van der Waals surface area contributed by atoms with Crippen molar-refractivity contribution in [2.45, 2.75) is 55.5 Å². The van der Waals surface area contributed by atoms with Crippen molar-refractivity contribution in [2.75, 3.05) is 6.26 Å². The van der Waals surface area contributed by atoms with Crippen LogP contribution in [0.2, 0.25) is 0 Å². The predicted molar refractivity (Wildman–Crippen MR) is 64.6 cm³/mol. The second-order valence-electron chi connectivity index (χ2n) is 3.44. The number of rotatable bonds is 8. The molecule has 0 aromatic carbocycles. The molecule has 4 heteroatoms. The highest BCUT2D eigenvalue weighted by atomic mass is 79.9. The molecule has 0 nitrogen and oxygen atoms in total. The third-order valence-electron chi connectivity index (χ3n) is 2.20. The van der Waals surface area contributed by atoms with Crippen LogP contribution in [0.5, 0.6) is 0 Å². The molecule has 0 aromatic rings. The maximum Gasteiger partial charge on any atom is 0.305 e. The number of halogens is 3. The molecule has 0 saturated carbocycles. The van der Waals surface area contributed by atoms with E-state index in [1.807, 2.05) is 0 Å². The summed E-state index contributed by atoms with van der Waals surface area (Å²) in [5.74, 6) is 0. The van der Waals surface area contributed by atoms with Crippen LogP contribution < -0.4 is 0 Å². The van der Waals surface area contributed by atoms with Gasteiger partial charge in [0.1, 0.15) is 0 Å². The summed E-state index contributed by atoms with van der Waals surface area (Å²) in [5.41, 5.74) is 0. The highest BCUT2D eigenvalue weighted by molar-refractivity contribution is 9.09. The van der Waals surface area contributed by atoms with Gasteiger partial charge in [-0.3, -0.25) is 0 Å². The SMILES string of the molecule is CCCCCCCC(Br)C(F)(F)SC. The molecule has 0 saturated heterocycles. The van der Waals surface area contributed by atoms with Gasteiger partial charge in [-0.1, -0.05) is 66.7 Å². The minimum absolute atomic E-state index is 0.567. The highest BCUT2D eigenvalue weighted by Gasteiger charge is 2.36.